The molecule has 3 rings (SSSR count). The number of carbonyl (C=O) groups excluding carboxylic acids is 2. The normalized spacial score (nSPS) is 24.4. The van der Waals surface area contributed by atoms with E-state index in [1.54, 1.807) is 6.92 Å². The second kappa shape index (κ2) is 7.95. The number of rotatable bonds is 4. The lowest BCUT2D eigenvalue weighted by atomic mass is 9.98. The summed E-state index contributed by atoms with van der Waals surface area (Å²) < 4.78 is 5.75. The summed E-state index contributed by atoms with van der Waals surface area (Å²) in [6.07, 6.45) is 3.88. The summed E-state index contributed by atoms with van der Waals surface area (Å²) in [4.78, 5) is 32.6. The highest BCUT2D eigenvalue weighted by Crippen LogP contribution is 2.23. The molecule has 8 nitrogen and oxygen atoms in total. The fraction of sp³-hybridized carbons (Fsp3) is 0.765. The van der Waals surface area contributed by atoms with E-state index >= 15 is 0 Å². The smallest absolute Gasteiger partial charge is 0.224 e. The van der Waals surface area contributed by atoms with Gasteiger partial charge in [0.25, 0.3) is 0 Å². The molecule has 0 bridgehead atoms. The largest absolute Gasteiger partial charge is 0.366 e. The molecule has 0 radical (unpaired) electrons. The first-order valence-corrected chi connectivity index (χ1v) is 9.16. The number of H-pyrrole nitrogens is 1. The van der Waals surface area contributed by atoms with E-state index in [-0.39, 0.29) is 24.0 Å². The van der Waals surface area contributed by atoms with E-state index in [2.05, 4.69) is 15.2 Å². The number of amides is 2. The quantitative estimate of drug-likeness (QED) is 0.877. The predicted octanol–water partition coefficient (Wildman–Crippen LogP) is 1.06. The Labute approximate surface area is 147 Å². The third-order valence-corrected chi connectivity index (χ3v) is 5.03. The van der Waals surface area contributed by atoms with Crippen molar-refractivity contribution in [3.8, 4) is 0 Å². The van der Waals surface area contributed by atoms with Crippen molar-refractivity contribution >= 4 is 11.8 Å². The van der Waals surface area contributed by atoms with Crippen molar-refractivity contribution in [1.82, 2.24) is 25.0 Å². The molecule has 2 aliphatic heterocycles. The van der Waals surface area contributed by atoms with Gasteiger partial charge < -0.3 is 14.5 Å². The summed E-state index contributed by atoms with van der Waals surface area (Å²) in [7, 11) is 0. The van der Waals surface area contributed by atoms with Gasteiger partial charge in [0.1, 0.15) is 11.9 Å². The van der Waals surface area contributed by atoms with Crippen LogP contribution in [-0.4, -0.2) is 69.1 Å². The molecular formula is C17H27N5O3. The second-order valence-corrected chi connectivity index (χ2v) is 6.76. The number of ether oxygens (including phenoxy) is 1. The van der Waals surface area contributed by atoms with Crippen LogP contribution < -0.4 is 0 Å². The van der Waals surface area contributed by atoms with Crippen LogP contribution in [0.3, 0.4) is 0 Å². The van der Waals surface area contributed by atoms with Crippen molar-refractivity contribution in [3.63, 3.8) is 0 Å². The maximum atomic E-state index is 12.8. The van der Waals surface area contributed by atoms with Crippen LogP contribution in [0.1, 0.15) is 57.3 Å². The number of hydrogen-bond acceptors (Lipinski definition) is 5. The van der Waals surface area contributed by atoms with Gasteiger partial charge in [-0.2, -0.15) is 5.10 Å². The van der Waals surface area contributed by atoms with Gasteiger partial charge in [-0.3, -0.25) is 14.7 Å². The molecule has 25 heavy (non-hydrogen) atoms. The van der Waals surface area contributed by atoms with Crippen LogP contribution in [0.25, 0.3) is 0 Å². The number of aromatic nitrogens is 3. The Morgan fingerprint density at radius 3 is 2.88 bits per heavy atom. The third kappa shape index (κ3) is 4.18. The lowest BCUT2D eigenvalue weighted by molar-refractivity contribution is -0.142. The average Bonchev–Trinajstić information content (AvgIpc) is 3.11. The van der Waals surface area contributed by atoms with E-state index in [0.29, 0.717) is 31.9 Å². The van der Waals surface area contributed by atoms with Gasteiger partial charge in [-0.25, -0.2) is 4.98 Å². The van der Waals surface area contributed by atoms with Crippen LogP contribution in [0.15, 0.2) is 0 Å². The minimum absolute atomic E-state index is 0.0234. The van der Waals surface area contributed by atoms with Crippen LogP contribution >= 0.6 is 0 Å². The summed E-state index contributed by atoms with van der Waals surface area (Å²) in [6.45, 7) is 5.87. The van der Waals surface area contributed by atoms with Crippen molar-refractivity contribution in [2.24, 2.45) is 0 Å². The second-order valence-electron chi connectivity index (χ2n) is 6.76. The van der Waals surface area contributed by atoms with Crippen LogP contribution in [-0.2, 0) is 20.7 Å². The molecule has 0 spiro atoms. The summed E-state index contributed by atoms with van der Waals surface area (Å²) >= 11 is 0. The Kier molecular flexibility index (Phi) is 5.67. The van der Waals surface area contributed by atoms with Crippen molar-refractivity contribution in [2.45, 2.75) is 58.1 Å². The monoisotopic (exact) mass is 349 g/mol. The number of morpholine rings is 1. The lowest BCUT2D eigenvalue weighted by Crippen LogP contribution is -2.48. The highest BCUT2D eigenvalue weighted by molar-refractivity contribution is 5.79. The van der Waals surface area contributed by atoms with E-state index in [4.69, 9.17) is 4.74 Å². The zero-order valence-electron chi connectivity index (χ0n) is 15.0. The van der Waals surface area contributed by atoms with Gasteiger partial charge >= 0.3 is 0 Å². The van der Waals surface area contributed by atoms with E-state index in [0.717, 1.165) is 38.1 Å². The zero-order valence-corrected chi connectivity index (χ0v) is 15.0. The van der Waals surface area contributed by atoms with Gasteiger partial charge in [0.2, 0.25) is 11.8 Å². The van der Waals surface area contributed by atoms with E-state index in [1.165, 1.54) is 0 Å². The average molecular weight is 349 g/mol. The first kappa shape index (κ1) is 17.8. The van der Waals surface area contributed by atoms with Crippen LogP contribution in [0, 0.1) is 0 Å². The van der Waals surface area contributed by atoms with E-state index in [1.807, 2.05) is 16.7 Å². The molecule has 1 N–H and O–H groups in total. The van der Waals surface area contributed by atoms with Gasteiger partial charge in [-0.05, 0) is 19.3 Å². The van der Waals surface area contributed by atoms with Gasteiger partial charge in [0, 0.05) is 38.9 Å². The van der Waals surface area contributed by atoms with Crippen LogP contribution in [0.4, 0.5) is 0 Å². The molecule has 2 atom stereocenters. The van der Waals surface area contributed by atoms with Gasteiger partial charge in [0.05, 0.1) is 13.2 Å². The van der Waals surface area contributed by atoms with Crippen molar-refractivity contribution < 1.29 is 14.3 Å². The minimum atomic E-state index is -0.287. The number of hydrogen-bond donors (Lipinski definition) is 1. The molecule has 2 saturated heterocycles. The molecule has 138 valence electrons. The molecule has 3 heterocycles. The number of carbonyl (C=O) groups is 2. The van der Waals surface area contributed by atoms with Crippen LogP contribution in [0.5, 0.6) is 0 Å². The number of aryl methyl sites for hydroxylation is 1. The number of aromatic amines is 1. The van der Waals surface area contributed by atoms with Crippen molar-refractivity contribution in [2.75, 3.05) is 26.2 Å². The molecule has 0 aliphatic carbocycles. The number of nitrogens with one attached hydrogen (secondary N) is 1. The Hall–Kier alpha value is -1.96. The highest BCUT2D eigenvalue weighted by Gasteiger charge is 2.32. The standard InChI is InChI=1S/C17H27N5O3/c1-3-15-18-17(20-19-15)14-11-21(8-9-25-14)16(24)10-13-6-4-5-7-22(13)12(2)23/h13-14H,3-11H2,1-2H3,(H,18,19,20)/t13-,14+/m0/s1. The van der Waals surface area contributed by atoms with Crippen molar-refractivity contribution in [3.05, 3.63) is 11.6 Å². The molecule has 1 aromatic heterocycles. The predicted molar refractivity (Wildman–Crippen MR) is 90.7 cm³/mol. The third-order valence-electron chi connectivity index (χ3n) is 5.03. The SMILES string of the molecule is CCc1nc([C@H]2CN(C(=O)C[C@@H]3CCCCN3C(C)=O)CCO2)n[nH]1. The molecule has 8 heteroatoms. The highest BCUT2D eigenvalue weighted by atomic mass is 16.5. The Morgan fingerprint density at radius 2 is 2.16 bits per heavy atom. The Morgan fingerprint density at radius 1 is 1.32 bits per heavy atom. The summed E-state index contributed by atoms with van der Waals surface area (Å²) in [5.74, 6) is 1.57. The molecule has 0 aromatic carbocycles. The first-order chi connectivity index (χ1) is 12.1. The lowest BCUT2D eigenvalue weighted by Gasteiger charge is -2.37. The van der Waals surface area contributed by atoms with Gasteiger partial charge in [-0.15, -0.1) is 0 Å². The Balaban J connectivity index is 1.60. The number of likely N-dealkylation sites (tertiary alicyclic amines) is 1. The molecule has 1 aromatic rings. The minimum Gasteiger partial charge on any atom is -0.366 e. The molecule has 2 aliphatic rings. The first-order valence-electron chi connectivity index (χ1n) is 9.16. The summed E-state index contributed by atoms with van der Waals surface area (Å²) in [5, 5.41) is 7.10. The summed E-state index contributed by atoms with van der Waals surface area (Å²) in [5.41, 5.74) is 0. The van der Waals surface area contributed by atoms with Crippen molar-refractivity contribution in [1.29, 1.82) is 0 Å². The van der Waals surface area contributed by atoms with Crippen LogP contribution in [0.2, 0.25) is 0 Å². The van der Waals surface area contributed by atoms with E-state index in [9.17, 15) is 9.59 Å². The number of piperidine rings is 1. The molecular weight excluding hydrogens is 322 g/mol. The maximum Gasteiger partial charge on any atom is 0.224 e. The van der Waals surface area contributed by atoms with Gasteiger partial charge in [-0.1, -0.05) is 6.92 Å². The van der Waals surface area contributed by atoms with Gasteiger partial charge in [0.15, 0.2) is 5.82 Å². The fourth-order valence-corrected chi connectivity index (χ4v) is 3.60. The topological polar surface area (TPSA) is 91.4 Å². The zero-order chi connectivity index (χ0) is 17.8. The number of nitrogens with zero attached hydrogens (tertiary/aromatic N) is 4. The van der Waals surface area contributed by atoms with E-state index < -0.39 is 0 Å². The summed E-state index contributed by atoms with van der Waals surface area (Å²) in [6, 6.07) is 0.0234. The maximum absolute atomic E-state index is 12.8. The Bertz CT molecular complexity index is 617. The fourth-order valence-electron chi connectivity index (χ4n) is 3.60. The molecule has 0 saturated carbocycles. The molecule has 2 fully saturated rings. The molecule has 0 unspecified atom stereocenters. The molecule has 2 amide bonds.